The molecule has 1 heterocycles. The van der Waals surface area contributed by atoms with Crippen molar-refractivity contribution in [3.63, 3.8) is 0 Å². The first-order valence-electron chi connectivity index (χ1n) is 5.96. The summed E-state index contributed by atoms with van der Waals surface area (Å²) in [4.78, 5) is 11.4. The normalized spacial score (nSPS) is 12.2. The van der Waals surface area contributed by atoms with Crippen LogP contribution in [-0.2, 0) is 0 Å². The average molecular weight is 315 g/mol. The third-order valence-corrected chi connectivity index (χ3v) is 4.14. The van der Waals surface area contributed by atoms with Gasteiger partial charge in [0.05, 0.1) is 22.1 Å². The van der Waals surface area contributed by atoms with Crippen molar-refractivity contribution in [3.05, 3.63) is 55.5 Å². The van der Waals surface area contributed by atoms with Gasteiger partial charge in [0, 0.05) is 4.88 Å². The molecule has 0 saturated carbocycles. The van der Waals surface area contributed by atoms with Gasteiger partial charge >= 0.3 is 0 Å². The van der Waals surface area contributed by atoms with Crippen molar-refractivity contribution in [2.45, 2.75) is 19.4 Å². The molecule has 20 heavy (non-hydrogen) atoms. The van der Waals surface area contributed by atoms with Gasteiger partial charge < -0.3 is 5.32 Å². The van der Waals surface area contributed by atoms with E-state index in [2.05, 4.69) is 5.32 Å². The van der Waals surface area contributed by atoms with Gasteiger partial charge in [-0.15, -0.1) is 11.3 Å². The summed E-state index contributed by atoms with van der Waals surface area (Å²) in [5.41, 5.74) is -0.0939. The van der Waals surface area contributed by atoms with Gasteiger partial charge in [0.1, 0.15) is 11.5 Å². The van der Waals surface area contributed by atoms with E-state index in [0.29, 0.717) is 0 Å². The van der Waals surface area contributed by atoms with E-state index in [1.807, 2.05) is 24.4 Å². The maximum atomic E-state index is 13.4. The van der Waals surface area contributed by atoms with E-state index in [4.69, 9.17) is 11.6 Å². The van der Waals surface area contributed by atoms with E-state index in [-0.39, 0.29) is 22.4 Å². The van der Waals surface area contributed by atoms with Crippen LogP contribution in [0.3, 0.4) is 0 Å². The molecule has 1 unspecified atom stereocenters. The Balaban J connectivity index is 2.37. The third-order valence-electron chi connectivity index (χ3n) is 2.86. The van der Waals surface area contributed by atoms with Crippen LogP contribution in [0.4, 0.5) is 15.8 Å². The zero-order chi connectivity index (χ0) is 14.7. The monoisotopic (exact) mass is 314 g/mol. The van der Waals surface area contributed by atoms with Crippen LogP contribution in [0.5, 0.6) is 0 Å². The summed E-state index contributed by atoms with van der Waals surface area (Å²) in [6, 6.07) is 5.88. The van der Waals surface area contributed by atoms with Crippen LogP contribution in [-0.4, -0.2) is 4.92 Å². The minimum Gasteiger partial charge on any atom is -0.372 e. The van der Waals surface area contributed by atoms with Gasteiger partial charge in [-0.1, -0.05) is 24.6 Å². The lowest BCUT2D eigenvalue weighted by atomic mass is 10.1. The lowest BCUT2D eigenvalue weighted by molar-refractivity contribution is -0.384. The minimum atomic E-state index is -0.798. The van der Waals surface area contributed by atoms with Crippen molar-refractivity contribution < 1.29 is 9.31 Å². The van der Waals surface area contributed by atoms with Crippen LogP contribution in [0, 0.1) is 15.9 Å². The zero-order valence-corrected chi connectivity index (χ0v) is 12.2. The zero-order valence-electron chi connectivity index (χ0n) is 10.6. The van der Waals surface area contributed by atoms with E-state index in [1.165, 1.54) is 6.07 Å². The van der Waals surface area contributed by atoms with Gasteiger partial charge in [0.25, 0.3) is 5.69 Å². The third kappa shape index (κ3) is 3.08. The molecule has 0 radical (unpaired) electrons. The van der Waals surface area contributed by atoms with E-state index in [1.54, 1.807) is 11.3 Å². The number of benzene rings is 1. The van der Waals surface area contributed by atoms with Crippen LogP contribution in [0.15, 0.2) is 29.6 Å². The molecular formula is C13H12ClFN2O2S. The Morgan fingerprint density at radius 3 is 2.85 bits per heavy atom. The van der Waals surface area contributed by atoms with Gasteiger partial charge in [-0.3, -0.25) is 10.1 Å². The Hall–Kier alpha value is -1.66. The number of nitrogens with one attached hydrogen (secondary N) is 1. The first-order chi connectivity index (χ1) is 9.52. The van der Waals surface area contributed by atoms with Crippen molar-refractivity contribution in [1.29, 1.82) is 0 Å². The molecule has 0 aliphatic rings. The molecule has 0 aliphatic carbocycles. The summed E-state index contributed by atoms with van der Waals surface area (Å²) in [6.45, 7) is 1.97. The highest BCUT2D eigenvalue weighted by atomic mass is 35.5. The second kappa shape index (κ2) is 6.19. The fourth-order valence-corrected chi connectivity index (χ4v) is 2.88. The van der Waals surface area contributed by atoms with Crippen molar-refractivity contribution in [2.75, 3.05) is 5.32 Å². The topological polar surface area (TPSA) is 55.2 Å². The molecule has 0 fully saturated rings. The Kier molecular flexibility index (Phi) is 4.57. The predicted molar refractivity (Wildman–Crippen MR) is 79.0 cm³/mol. The molecule has 0 aliphatic heterocycles. The smallest absolute Gasteiger partial charge is 0.295 e. The number of hydrogen-bond donors (Lipinski definition) is 1. The highest BCUT2D eigenvalue weighted by molar-refractivity contribution is 7.10. The van der Waals surface area contributed by atoms with Crippen LogP contribution in [0.1, 0.15) is 24.3 Å². The number of nitro benzene ring substituents is 1. The van der Waals surface area contributed by atoms with E-state index >= 15 is 0 Å². The Morgan fingerprint density at radius 1 is 1.55 bits per heavy atom. The van der Waals surface area contributed by atoms with Gasteiger partial charge in [-0.25, -0.2) is 4.39 Å². The number of thiophene rings is 1. The molecule has 7 heteroatoms. The van der Waals surface area contributed by atoms with E-state index in [9.17, 15) is 14.5 Å². The number of halogens is 2. The largest absolute Gasteiger partial charge is 0.372 e. The molecular weight excluding hydrogens is 303 g/mol. The van der Waals surface area contributed by atoms with Gasteiger partial charge in [-0.05, 0) is 23.9 Å². The van der Waals surface area contributed by atoms with Crippen LogP contribution in [0.25, 0.3) is 0 Å². The molecule has 0 amide bonds. The standard InChI is InChI=1S/C13H12ClFN2O2S/c1-2-10(13-4-3-5-20-13)16-11-6-8(14)9(15)7-12(11)17(18)19/h3-7,10,16H,2H2,1H3. The van der Waals surface area contributed by atoms with Gasteiger partial charge in [0.15, 0.2) is 0 Å². The first-order valence-corrected chi connectivity index (χ1v) is 7.22. The van der Waals surface area contributed by atoms with Crippen molar-refractivity contribution in [3.8, 4) is 0 Å². The average Bonchev–Trinajstić information content (AvgIpc) is 2.93. The van der Waals surface area contributed by atoms with E-state index < -0.39 is 10.7 Å². The first kappa shape index (κ1) is 14.7. The Morgan fingerprint density at radius 2 is 2.30 bits per heavy atom. The highest BCUT2D eigenvalue weighted by Gasteiger charge is 2.21. The van der Waals surface area contributed by atoms with Crippen molar-refractivity contribution in [2.24, 2.45) is 0 Å². The molecule has 1 aromatic heterocycles. The molecule has 106 valence electrons. The van der Waals surface area contributed by atoms with Crippen molar-refractivity contribution >= 4 is 34.3 Å². The SMILES string of the molecule is CCC(Nc1cc(Cl)c(F)cc1[N+](=O)[O-])c1cccs1. The lowest BCUT2D eigenvalue weighted by Crippen LogP contribution is -2.10. The fourth-order valence-electron chi connectivity index (χ4n) is 1.85. The molecule has 0 saturated heterocycles. The quantitative estimate of drug-likeness (QED) is 0.623. The second-order valence-electron chi connectivity index (χ2n) is 4.16. The predicted octanol–water partition coefficient (Wildman–Crippen LogP) is 5.01. The fraction of sp³-hybridized carbons (Fsp3) is 0.231. The molecule has 2 aromatic rings. The lowest BCUT2D eigenvalue weighted by Gasteiger charge is -2.17. The molecule has 2 rings (SSSR count). The maximum Gasteiger partial charge on any atom is 0.295 e. The molecule has 0 spiro atoms. The van der Waals surface area contributed by atoms with Crippen molar-refractivity contribution in [1.82, 2.24) is 0 Å². The molecule has 1 aromatic carbocycles. The molecule has 4 nitrogen and oxygen atoms in total. The Labute approximate surface area is 124 Å². The number of nitrogens with zero attached hydrogens (tertiary/aromatic N) is 1. The summed E-state index contributed by atoms with van der Waals surface area (Å²) < 4.78 is 13.4. The minimum absolute atomic E-state index is 0.0739. The summed E-state index contributed by atoms with van der Waals surface area (Å²) in [5, 5.41) is 15.9. The molecule has 0 bridgehead atoms. The van der Waals surface area contributed by atoms with Gasteiger partial charge in [-0.2, -0.15) is 0 Å². The molecule has 1 atom stereocenters. The van der Waals surface area contributed by atoms with Crippen LogP contribution < -0.4 is 5.32 Å². The van der Waals surface area contributed by atoms with E-state index in [0.717, 1.165) is 17.4 Å². The highest BCUT2D eigenvalue weighted by Crippen LogP contribution is 2.34. The summed E-state index contributed by atoms with van der Waals surface area (Å²) in [6.07, 6.45) is 0.743. The number of rotatable bonds is 5. The molecule has 1 N–H and O–H groups in total. The Bertz CT molecular complexity index is 619. The number of hydrogen-bond acceptors (Lipinski definition) is 4. The summed E-state index contributed by atoms with van der Waals surface area (Å²) >= 11 is 7.26. The maximum absolute atomic E-state index is 13.4. The summed E-state index contributed by atoms with van der Waals surface area (Å²) in [5.74, 6) is -0.798. The summed E-state index contributed by atoms with van der Waals surface area (Å²) in [7, 11) is 0. The second-order valence-corrected chi connectivity index (χ2v) is 5.55. The van der Waals surface area contributed by atoms with Crippen LogP contribution >= 0.6 is 22.9 Å². The van der Waals surface area contributed by atoms with Crippen LogP contribution in [0.2, 0.25) is 5.02 Å². The number of nitro groups is 1. The van der Waals surface area contributed by atoms with Gasteiger partial charge in [0.2, 0.25) is 0 Å². The number of anilines is 1.